The smallest absolute Gasteiger partial charge is 0.250 e. The largest absolute Gasteiger partial charge is 0.462 e. The number of aromatic nitrogens is 2. The third-order valence-corrected chi connectivity index (χ3v) is 2.79. The molecule has 0 aliphatic heterocycles. The monoisotopic (exact) mass is 261 g/mol. The maximum atomic E-state index is 11.5. The first kappa shape index (κ1) is 12.3. The number of hydrogen-bond donors (Lipinski definition) is 1. The molecule has 2 aromatic heterocycles. The molecule has 0 aromatic carbocycles. The van der Waals surface area contributed by atoms with Gasteiger partial charge in [-0.25, -0.2) is 0 Å². The summed E-state index contributed by atoms with van der Waals surface area (Å²) >= 11 is 1.26. The Bertz CT molecular complexity index is 570. The first-order valence-corrected chi connectivity index (χ1v) is 6.09. The van der Waals surface area contributed by atoms with Crippen molar-refractivity contribution in [1.82, 2.24) is 10.2 Å². The molecular formula is C12H11N3O2S. The number of nitrogens with zero attached hydrogens (tertiary/aromatic N) is 2. The highest BCUT2D eigenvalue weighted by Gasteiger charge is 2.09. The fraction of sp³-hybridized carbons (Fsp3) is 0.0833. The number of anilines is 1. The maximum Gasteiger partial charge on any atom is 0.250 e. The number of hydrogen-bond acceptors (Lipinski definition) is 5. The molecule has 5 nitrogen and oxygen atoms in total. The zero-order valence-corrected chi connectivity index (χ0v) is 10.5. The second-order valence-electron chi connectivity index (χ2n) is 3.26. The molecule has 2 rings (SSSR count). The molecule has 0 atom stereocenters. The molecule has 92 valence electrons. The van der Waals surface area contributed by atoms with E-state index in [0.717, 1.165) is 0 Å². The first-order valence-electron chi connectivity index (χ1n) is 5.27. The molecule has 0 aliphatic rings. The lowest BCUT2D eigenvalue weighted by Crippen LogP contribution is -2.07. The van der Waals surface area contributed by atoms with E-state index in [-0.39, 0.29) is 5.91 Å². The highest BCUT2D eigenvalue weighted by molar-refractivity contribution is 7.18. The fourth-order valence-electron chi connectivity index (χ4n) is 1.17. The predicted octanol–water partition coefficient (Wildman–Crippen LogP) is 2.87. The van der Waals surface area contributed by atoms with Gasteiger partial charge in [-0.2, -0.15) is 0 Å². The Labute approximate surface area is 108 Å². The van der Waals surface area contributed by atoms with E-state index in [0.29, 0.717) is 15.9 Å². The fourth-order valence-corrected chi connectivity index (χ4v) is 1.89. The lowest BCUT2D eigenvalue weighted by atomic mass is 10.4. The van der Waals surface area contributed by atoms with Gasteiger partial charge in [0.2, 0.25) is 11.0 Å². The van der Waals surface area contributed by atoms with Crippen LogP contribution in [0.2, 0.25) is 0 Å². The van der Waals surface area contributed by atoms with Gasteiger partial charge >= 0.3 is 0 Å². The molecule has 0 aliphatic carbocycles. The quantitative estimate of drug-likeness (QED) is 0.678. The van der Waals surface area contributed by atoms with Gasteiger partial charge in [0.25, 0.3) is 0 Å². The van der Waals surface area contributed by atoms with Crippen molar-refractivity contribution in [3.8, 4) is 10.8 Å². The standard InChI is InChI=1S/C12H11N3O2S/c1-2-3-4-7-10(16)13-12-15-14-11(18-12)9-6-5-8-17-9/h2-8H,1H3,(H,13,15,16). The van der Waals surface area contributed by atoms with Crippen LogP contribution >= 0.6 is 11.3 Å². The molecular weight excluding hydrogens is 250 g/mol. The van der Waals surface area contributed by atoms with Crippen LogP contribution in [0.1, 0.15) is 6.92 Å². The van der Waals surface area contributed by atoms with Crippen LogP contribution < -0.4 is 5.32 Å². The second-order valence-corrected chi connectivity index (χ2v) is 4.24. The van der Waals surface area contributed by atoms with Gasteiger partial charge in [-0.05, 0) is 19.1 Å². The van der Waals surface area contributed by atoms with Gasteiger partial charge < -0.3 is 4.42 Å². The van der Waals surface area contributed by atoms with Crippen molar-refractivity contribution in [2.75, 3.05) is 5.32 Å². The molecule has 1 N–H and O–H groups in total. The molecule has 0 bridgehead atoms. The van der Waals surface area contributed by atoms with Gasteiger partial charge in [0.05, 0.1) is 6.26 Å². The average molecular weight is 261 g/mol. The summed E-state index contributed by atoms with van der Waals surface area (Å²) in [6, 6.07) is 3.56. The zero-order chi connectivity index (χ0) is 12.8. The van der Waals surface area contributed by atoms with Gasteiger partial charge in [-0.1, -0.05) is 29.6 Å². The molecule has 2 heterocycles. The molecule has 1 amide bonds. The Balaban J connectivity index is 2.01. The summed E-state index contributed by atoms with van der Waals surface area (Å²) < 4.78 is 5.19. The van der Waals surface area contributed by atoms with E-state index in [1.165, 1.54) is 17.4 Å². The summed E-state index contributed by atoms with van der Waals surface area (Å²) in [5.41, 5.74) is 0. The van der Waals surface area contributed by atoms with Crippen LogP contribution in [0.25, 0.3) is 10.8 Å². The number of furan rings is 1. The Morgan fingerprint density at radius 2 is 2.33 bits per heavy atom. The summed E-state index contributed by atoms with van der Waals surface area (Å²) in [5, 5.41) is 11.5. The highest BCUT2D eigenvalue weighted by Crippen LogP contribution is 2.26. The third-order valence-electron chi connectivity index (χ3n) is 1.94. The van der Waals surface area contributed by atoms with Crippen LogP contribution in [0.3, 0.4) is 0 Å². The molecule has 6 heteroatoms. The SMILES string of the molecule is CC=CC=CC(=O)Nc1nnc(-c2ccco2)s1. The molecule has 0 unspecified atom stereocenters. The van der Waals surface area contributed by atoms with Gasteiger partial charge in [-0.15, -0.1) is 10.2 Å². The number of rotatable bonds is 4. The zero-order valence-electron chi connectivity index (χ0n) is 9.66. The van der Waals surface area contributed by atoms with Crippen LogP contribution in [0.15, 0.2) is 47.1 Å². The number of carbonyl (C=O) groups is 1. The predicted molar refractivity (Wildman–Crippen MR) is 70.2 cm³/mol. The minimum absolute atomic E-state index is 0.241. The van der Waals surface area contributed by atoms with Crippen molar-refractivity contribution in [3.05, 3.63) is 42.7 Å². The van der Waals surface area contributed by atoms with Crippen LogP contribution in [0.5, 0.6) is 0 Å². The van der Waals surface area contributed by atoms with Crippen LogP contribution in [-0.2, 0) is 4.79 Å². The van der Waals surface area contributed by atoms with Crippen LogP contribution in [-0.4, -0.2) is 16.1 Å². The van der Waals surface area contributed by atoms with Crippen molar-refractivity contribution in [1.29, 1.82) is 0 Å². The molecule has 0 radical (unpaired) electrons. The second kappa shape index (κ2) is 5.92. The van der Waals surface area contributed by atoms with Gasteiger partial charge in [0.1, 0.15) is 0 Å². The molecule has 2 aromatic rings. The van der Waals surface area contributed by atoms with E-state index in [4.69, 9.17) is 4.42 Å². The van der Waals surface area contributed by atoms with Crippen molar-refractivity contribution in [3.63, 3.8) is 0 Å². The molecule has 0 spiro atoms. The minimum Gasteiger partial charge on any atom is -0.462 e. The molecule has 0 saturated carbocycles. The number of carbonyl (C=O) groups excluding carboxylic acids is 1. The third kappa shape index (κ3) is 3.14. The van der Waals surface area contributed by atoms with Gasteiger partial charge in [0, 0.05) is 6.08 Å². The summed E-state index contributed by atoms with van der Waals surface area (Å²) in [5.74, 6) is 0.396. The lowest BCUT2D eigenvalue weighted by Gasteiger charge is -1.92. The first-order chi connectivity index (χ1) is 8.79. The Hall–Kier alpha value is -2.21. The maximum absolute atomic E-state index is 11.5. The van der Waals surface area contributed by atoms with E-state index < -0.39 is 0 Å². The Morgan fingerprint density at radius 3 is 3.06 bits per heavy atom. The van der Waals surface area contributed by atoms with Crippen LogP contribution in [0, 0.1) is 0 Å². The summed E-state index contributed by atoms with van der Waals surface area (Å²) in [7, 11) is 0. The minimum atomic E-state index is -0.241. The highest BCUT2D eigenvalue weighted by atomic mass is 32.1. The molecule has 0 saturated heterocycles. The number of amides is 1. The van der Waals surface area contributed by atoms with Crippen molar-refractivity contribution >= 4 is 22.4 Å². The normalized spacial score (nSPS) is 11.4. The van der Waals surface area contributed by atoms with Gasteiger partial charge in [-0.3, -0.25) is 10.1 Å². The van der Waals surface area contributed by atoms with Gasteiger partial charge in [0.15, 0.2) is 10.8 Å². The molecule has 18 heavy (non-hydrogen) atoms. The van der Waals surface area contributed by atoms with E-state index >= 15 is 0 Å². The van der Waals surface area contributed by atoms with E-state index in [1.54, 1.807) is 30.5 Å². The van der Waals surface area contributed by atoms with Crippen molar-refractivity contribution < 1.29 is 9.21 Å². The van der Waals surface area contributed by atoms with Crippen LogP contribution in [0.4, 0.5) is 5.13 Å². The summed E-state index contributed by atoms with van der Waals surface area (Å²) in [4.78, 5) is 11.5. The van der Waals surface area contributed by atoms with E-state index in [1.807, 2.05) is 13.0 Å². The van der Waals surface area contributed by atoms with Crippen molar-refractivity contribution in [2.45, 2.75) is 6.92 Å². The average Bonchev–Trinajstić information content (AvgIpc) is 2.98. The topological polar surface area (TPSA) is 68.0 Å². The lowest BCUT2D eigenvalue weighted by molar-refractivity contribution is -0.111. The Morgan fingerprint density at radius 1 is 1.44 bits per heavy atom. The summed E-state index contributed by atoms with van der Waals surface area (Å²) in [6.45, 7) is 1.88. The number of nitrogens with one attached hydrogen (secondary N) is 1. The molecule has 0 fully saturated rings. The summed E-state index contributed by atoms with van der Waals surface area (Å²) in [6.07, 6.45) is 8.25. The van der Waals surface area contributed by atoms with E-state index in [9.17, 15) is 4.79 Å². The Kier molecular flexibility index (Phi) is 4.03. The van der Waals surface area contributed by atoms with Crippen molar-refractivity contribution in [2.24, 2.45) is 0 Å². The number of allylic oxidation sites excluding steroid dienone is 3. The van der Waals surface area contributed by atoms with E-state index in [2.05, 4.69) is 15.5 Å².